The minimum Gasteiger partial charge on any atom is -0.495 e. The molecule has 10 nitrogen and oxygen atoms in total. The number of hydrogen-bond donors (Lipinski definition) is 3. The number of benzene rings is 1. The molecule has 2 amide bonds. The maximum atomic E-state index is 12.7. The Balaban J connectivity index is 1.54. The van der Waals surface area contributed by atoms with Crippen molar-refractivity contribution in [2.45, 2.75) is 44.1 Å². The summed E-state index contributed by atoms with van der Waals surface area (Å²) >= 11 is 6.42. The lowest BCUT2D eigenvalue weighted by molar-refractivity contribution is -0.130. The van der Waals surface area contributed by atoms with Gasteiger partial charge in [-0.15, -0.1) is 0 Å². The largest absolute Gasteiger partial charge is 0.495 e. The molecule has 0 bridgehead atoms. The number of methoxy groups -OCH3 is 1. The predicted molar refractivity (Wildman–Crippen MR) is 145 cm³/mol. The van der Waals surface area contributed by atoms with E-state index in [2.05, 4.69) is 36.9 Å². The number of nitrogens with one attached hydrogen (secondary N) is 3. The number of nitrogens with zero attached hydrogens (tertiary/aromatic N) is 4. The molecule has 2 heterocycles. The second kappa shape index (κ2) is 11.5. The van der Waals surface area contributed by atoms with Crippen molar-refractivity contribution in [2.75, 3.05) is 58.5 Å². The summed E-state index contributed by atoms with van der Waals surface area (Å²) in [4.78, 5) is 37.7. The van der Waals surface area contributed by atoms with Crippen LogP contribution in [0.2, 0.25) is 5.02 Å². The highest BCUT2D eigenvalue weighted by molar-refractivity contribution is 6.32. The Labute approximate surface area is 223 Å². The first-order chi connectivity index (χ1) is 17.7. The van der Waals surface area contributed by atoms with Gasteiger partial charge in [-0.05, 0) is 48.9 Å². The molecule has 0 spiro atoms. The van der Waals surface area contributed by atoms with Crippen LogP contribution in [0.15, 0.2) is 18.3 Å². The topological polar surface area (TPSA) is 112 Å². The van der Waals surface area contributed by atoms with Crippen LogP contribution in [0.5, 0.6) is 5.75 Å². The molecule has 0 saturated heterocycles. The van der Waals surface area contributed by atoms with Gasteiger partial charge < -0.3 is 25.6 Å². The summed E-state index contributed by atoms with van der Waals surface area (Å²) in [7, 11) is 6.84. The number of halogens is 1. The van der Waals surface area contributed by atoms with Crippen molar-refractivity contribution in [2.24, 2.45) is 0 Å². The molecule has 1 aromatic heterocycles. The monoisotopic (exact) mass is 529 g/mol. The minimum absolute atomic E-state index is 0.0667. The Morgan fingerprint density at radius 2 is 1.84 bits per heavy atom. The summed E-state index contributed by atoms with van der Waals surface area (Å²) in [6, 6.07) is 4.11. The number of amides is 2. The number of rotatable bonds is 8. The number of hydrogen-bond acceptors (Lipinski definition) is 8. The molecule has 37 heavy (non-hydrogen) atoms. The first-order valence-corrected chi connectivity index (χ1v) is 13.0. The van der Waals surface area contributed by atoms with E-state index in [1.807, 2.05) is 6.07 Å². The first kappa shape index (κ1) is 26.9. The fraction of sp³-hybridized carbons (Fsp3) is 0.538. The number of carbonyl (C=O) groups is 2. The van der Waals surface area contributed by atoms with E-state index in [1.54, 1.807) is 33.2 Å². The van der Waals surface area contributed by atoms with Crippen molar-refractivity contribution in [1.29, 1.82) is 0 Å². The van der Waals surface area contributed by atoms with E-state index >= 15 is 0 Å². The van der Waals surface area contributed by atoms with E-state index in [1.165, 1.54) is 17.3 Å². The predicted octanol–water partition coefficient (Wildman–Crippen LogP) is 2.84. The lowest BCUT2D eigenvalue weighted by atomic mass is 9.96. The molecule has 1 aliphatic carbocycles. The molecular formula is C26H36ClN7O3. The number of likely N-dealkylation sites (N-methyl/N-ethyl adjacent to an activating group) is 2. The Kier molecular flexibility index (Phi) is 8.39. The maximum absolute atomic E-state index is 12.7. The molecule has 0 atom stereocenters. The average Bonchev–Trinajstić information content (AvgIpc) is 3.28. The van der Waals surface area contributed by atoms with Crippen LogP contribution in [0.4, 0.5) is 17.5 Å². The third-order valence-corrected chi connectivity index (χ3v) is 7.52. The Bertz CT molecular complexity index is 1150. The van der Waals surface area contributed by atoms with Gasteiger partial charge in [0.25, 0.3) is 0 Å². The summed E-state index contributed by atoms with van der Waals surface area (Å²) in [5, 5.41) is 9.71. The van der Waals surface area contributed by atoms with E-state index in [0.717, 1.165) is 44.5 Å². The molecule has 1 saturated carbocycles. The lowest BCUT2D eigenvalue weighted by Crippen LogP contribution is -2.49. The lowest BCUT2D eigenvalue weighted by Gasteiger charge is -2.29. The molecule has 1 fully saturated rings. The van der Waals surface area contributed by atoms with Crippen LogP contribution in [0, 0.1) is 0 Å². The highest BCUT2D eigenvalue weighted by Gasteiger charge is 2.41. The third-order valence-electron chi connectivity index (χ3n) is 7.24. The highest BCUT2D eigenvalue weighted by Crippen LogP contribution is 2.36. The number of aromatic nitrogens is 2. The number of carbonyl (C=O) groups excluding carboxylic acids is 2. The molecule has 200 valence electrons. The van der Waals surface area contributed by atoms with Crippen molar-refractivity contribution in [3.63, 3.8) is 0 Å². The van der Waals surface area contributed by atoms with Crippen LogP contribution in [-0.2, 0) is 22.4 Å². The second-order valence-corrected chi connectivity index (χ2v) is 10.3. The standard InChI is InChI=1S/C26H36ClN7O3/c1-28-24(36)26(9-5-6-10-26)32-23-19(27)15-29-25(31-23)30-20-13-17-7-11-34(16-22(35)33(2)3)12-8-18(17)14-21(20)37-4/h13-15H,5-12,16H2,1-4H3,(H,28,36)(H2,29,30,31,32). The van der Waals surface area contributed by atoms with Crippen molar-refractivity contribution in [3.05, 3.63) is 34.5 Å². The Morgan fingerprint density at radius 1 is 1.16 bits per heavy atom. The zero-order valence-corrected chi connectivity index (χ0v) is 22.7. The Hall–Kier alpha value is -3.11. The van der Waals surface area contributed by atoms with Crippen LogP contribution in [0.3, 0.4) is 0 Å². The van der Waals surface area contributed by atoms with Crippen molar-refractivity contribution < 1.29 is 14.3 Å². The average molecular weight is 530 g/mol. The summed E-state index contributed by atoms with van der Waals surface area (Å²) in [6.07, 6.45) is 6.53. The summed E-state index contributed by atoms with van der Waals surface area (Å²) in [6.45, 7) is 2.02. The number of fused-ring (bicyclic) bond motifs is 1. The molecule has 4 rings (SSSR count). The molecule has 3 N–H and O–H groups in total. The molecule has 2 aliphatic rings. The molecule has 2 aromatic rings. The van der Waals surface area contributed by atoms with Gasteiger partial charge >= 0.3 is 0 Å². The molecular weight excluding hydrogens is 494 g/mol. The maximum Gasteiger partial charge on any atom is 0.245 e. The zero-order valence-electron chi connectivity index (χ0n) is 22.0. The molecule has 0 unspecified atom stereocenters. The second-order valence-electron chi connectivity index (χ2n) is 9.89. The van der Waals surface area contributed by atoms with Crippen molar-refractivity contribution >= 4 is 40.9 Å². The smallest absolute Gasteiger partial charge is 0.245 e. The van der Waals surface area contributed by atoms with E-state index < -0.39 is 5.54 Å². The van der Waals surface area contributed by atoms with Crippen LogP contribution in [0.1, 0.15) is 36.8 Å². The fourth-order valence-corrected chi connectivity index (χ4v) is 5.19. The first-order valence-electron chi connectivity index (χ1n) is 12.7. The molecule has 1 aromatic carbocycles. The summed E-state index contributed by atoms with van der Waals surface area (Å²) in [5.41, 5.74) is 2.41. The normalized spacial score (nSPS) is 16.9. The highest BCUT2D eigenvalue weighted by atomic mass is 35.5. The SMILES string of the molecule is CNC(=O)C1(Nc2nc(Nc3cc4c(cc3OC)CCN(CC(=O)N(C)C)CC4)ncc2Cl)CCCC1. The quantitative estimate of drug-likeness (QED) is 0.478. The van der Waals surface area contributed by atoms with Crippen molar-refractivity contribution in [3.8, 4) is 5.75 Å². The van der Waals surface area contributed by atoms with Crippen LogP contribution < -0.4 is 20.7 Å². The molecule has 1 aliphatic heterocycles. The van der Waals surface area contributed by atoms with Gasteiger partial charge in [0.1, 0.15) is 16.3 Å². The van der Waals surface area contributed by atoms with Gasteiger partial charge in [-0.2, -0.15) is 4.98 Å². The van der Waals surface area contributed by atoms with Gasteiger partial charge in [0.2, 0.25) is 17.8 Å². The van der Waals surface area contributed by atoms with Gasteiger partial charge in [-0.3, -0.25) is 14.5 Å². The van der Waals surface area contributed by atoms with E-state index in [9.17, 15) is 9.59 Å². The Morgan fingerprint density at radius 3 is 2.46 bits per heavy atom. The zero-order chi connectivity index (χ0) is 26.6. The van der Waals surface area contributed by atoms with Crippen LogP contribution >= 0.6 is 11.6 Å². The third kappa shape index (κ3) is 6.07. The van der Waals surface area contributed by atoms with Gasteiger partial charge in [0, 0.05) is 34.2 Å². The van der Waals surface area contributed by atoms with Gasteiger partial charge in [-0.1, -0.05) is 24.4 Å². The van der Waals surface area contributed by atoms with Gasteiger partial charge in [0.05, 0.1) is 25.5 Å². The fourth-order valence-electron chi connectivity index (χ4n) is 5.05. The van der Waals surface area contributed by atoms with Gasteiger partial charge in [-0.25, -0.2) is 4.98 Å². The van der Waals surface area contributed by atoms with Crippen LogP contribution in [-0.4, -0.2) is 85.0 Å². The van der Waals surface area contributed by atoms with Gasteiger partial charge in [0.15, 0.2) is 5.82 Å². The van der Waals surface area contributed by atoms with E-state index in [-0.39, 0.29) is 11.8 Å². The number of anilines is 3. The summed E-state index contributed by atoms with van der Waals surface area (Å²) < 4.78 is 5.68. The molecule has 11 heteroatoms. The van der Waals surface area contributed by atoms with E-state index in [4.69, 9.17) is 16.3 Å². The summed E-state index contributed by atoms with van der Waals surface area (Å²) in [5.74, 6) is 1.48. The van der Waals surface area contributed by atoms with E-state index in [0.29, 0.717) is 41.9 Å². The molecule has 0 radical (unpaired) electrons. The minimum atomic E-state index is -0.731. The van der Waals surface area contributed by atoms with Crippen molar-refractivity contribution in [1.82, 2.24) is 25.1 Å². The number of ether oxygens (including phenoxy) is 1. The van der Waals surface area contributed by atoms with Crippen LogP contribution in [0.25, 0.3) is 0 Å².